The van der Waals surface area contributed by atoms with Crippen molar-refractivity contribution in [1.82, 2.24) is 9.78 Å². The van der Waals surface area contributed by atoms with Crippen LogP contribution >= 0.6 is 11.6 Å². The number of benzene rings is 3. The fraction of sp³-hybridized carbons (Fsp3) is 0.0833. The molecule has 0 aliphatic carbocycles. The van der Waals surface area contributed by atoms with E-state index >= 15 is 0 Å². The summed E-state index contributed by atoms with van der Waals surface area (Å²) in [5.41, 5.74) is 3.51. The molecule has 0 bridgehead atoms. The third-order valence-corrected chi connectivity index (χ3v) is 4.88. The molecular weight excluding hydrogens is 419 g/mol. The first-order valence-electron chi connectivity index (χ1n) is 9.52. The van der Waals surface area contributed by atoms with Gasteiger partial charge in [-0.25, -0.2) is 9.18 Å². The highest BCUT2D eigenvalue weighted by molar-refractivity contribution is 6.31. The minimum absolute atomic E-state index is 0.347. The van der Waals surface area contributed by atoms with Crippen LogP contribution < -0.4 is 4.74 Å². The van der Waals surface area contributed by atoms with Crippen LogP contribution in [0.25, 0.3) is 22.5 Å². The molecule has 7 heteroatoms. The molecule has 0 radical (unpaired) electrons. The van der Waals surface area contributed by atoms with Crippen molar-refractivity contribution in [3.63, 3.8) is 0 Å². The van der Waals surface area contributed by atoms with E-state index in [0.29, 0.717) is 39.8 Å². The summed E-state index contributed by atoms with van der Waals surface area (Å²) in [5.74, 6) is -1.09. The lowest BCUT2D eigenvalue weighted by atomic mass is 10.1. The zero-order valence-corrected chi connectivity index (χ0v) is 17.1. The second-order valence-electron chi connectivity index (χ2n) is 6.89. The first kappa shape index (κ1) is 20.6. The van der Waals surface area contributed by atoms with Crippen molar-refractivity contribution in [3.8, 4) is 28.3 Å². The van der Waals surface area contributed by atoms with Gasteiger partial charge in [0.15, 0.2) is 6.61 Å². The number of hydrogen-bond donors (Lipinski definition) is 1. The van der Waals surface area contributed by atoms with Crippen LogP contribution in [0.3, 0.4) is 0 Å². The second-order valence-corrected chi connectivity index (χ2v) is 7.33. The molecule has 0 amide bonds. The van der Waals surface area contributed by atoms with Crippen molar-refractivity contribution in [1.29, 1.82) is 0 Å². The van der Waals surface area contributed by atoms with Gasteiger partial charge < -0.3 is 9.84 Å². The number of halogens is 2. The van der Waals surface area contributed by atoms with E-state index in [1.807, 2.05) is 42.5 Å². The molecule has 1 N–H and O–H groups in total. The Balaban J connectivity index is 1.82. The van der Waals surface area contributed by atoms with Crippen molar-refractivity contribution in [2.24, 2.45) is 0 Å². The Morgan fingerprint density at radius 2 is 1.84 bits per heavy atom. The SMILES string of the molecule is O=C(O)COc1ccc(Cl)cc1-c1cc(-c2cccc(F)c2)n(Cc2ccccc2)n1. The summed E-state index contributed by atoms with van der Waals surface area (Å²) < 4.78 is 21.1. The molecule has 0 aliphatic rings. The van der Waals surface area contributed by atoms with Gasteiger partial charge in [0.1, 0.15) is 11.6 Å². The van der Waals surface area contributed by atoms with Crippen LogP contribution in [0.4, 0.5) is 4.39 Å². The van der Waals surface area contributed by atoms with Crippen LogP contribution in [-0.2, 0) is 11.3 Å². The lowest BCUT2D eigenvalue weighted by molar-refractivity contribution is -0.139. The normalized spacial score (nSPS) is 10.8. The molecule has 0 saturated carbocycles. The van der Waals surface area contributed by atoms with Crippen molar-refractivity contribution in [2.45, 2.75) is 6.54 Å². The third-order valence-electron chi connectivity index (χ3n) is 4.64. The summed E-state index contributed by atoms with van der Waals surface area (Å²) in [5, 5.41) is 14.2. The van der Waals surface area contributed by atoms with Crippen LogP contribution in [0.5, 0.6) is 5.75 Å². The van der Waals surface area contributed by atoms with Crippen LogP contribution in [0.1, 0.15) is 5.56 Å². The average molecular weight is 437 g/mol. The Kier molecular flexibility index (Phi) is 6.00. The summed E-state index contributed by atoms with van der Waals surface area (Å²) in [6.07, 6.45) is 0. The quantitative estimate of drug-likeness (QED) is 0.414. The van der Waals surface area contributed by atoms with E-state index < -0.39 is 12.6 Å². The molecule has 0 spiro atoms. The van der Waals surface area contributed by atoms with Gasteiger partial charge in [0, 0.05) is 16.1 Å². The predicted molar refractivity (Wildman–Crippen MR) is 117 cm³/mol. The Hall–Kier alpha value is -3.64. The monoisotopic (exact) mass is 436 g/mol. The molecule has 4 aromatic rings. The highest BCUT2D eigenvalue weighted by atomic mass is 35.5. The maximum atomic E-state index is 13.9. The van der Waals surface area contributed by atoms with E-state index in [2.05, 4.69) is 0 Å². The fourth-order valence-corrected chi connectivity index (χ4v) is 3.45. The van der Waals surface area contributed by atoms with Crippen molar-refractivity contribution < 1.29 is 19.0 Å². The van der Waals surface area contributed by atoms with Gasteiger partial charge in [0.05, 0.1) is 17.9 Å². The molecule has 3 aromatic carbocycles. The van der Waals surface area contributed by atoms with Gasteiger partial charge in [-0.2, -0.15) is 5.10 Å². The number of aliphatic carboxylic acids is 1. The molecular formula is C24H18ClFN2O3. The van der Waals surface area contributed by atoms with Gasteiger partial charge in [-0.15, -0.1) is 0 Å². The van der Waals surface area contributed by atoms with E-state index in [9.17, 15) is 9.18 Å². The number of carboxylic acid groups (broad SMARTS) is 1. The van der Waals surface area contributed by atoms with E-state index in [1.165, 1.54) is 12.1 Å². The van der Waals surface area contributed by atoms with Gasteiger partial charge in [-0.05, 0) is 42.0 Å². The molecule has 5 nitrogen and oxygen atoms in total. The first-order valence-corrected chi connectivity index (χ1v) is 9.89. The van der Waals surface area contributed by atoms with Crippen LogP contribution in [0, 0.1) is 5.82 Å². The molecule has 156 valence electrons. The summed E-state index contributed by atoms with van der Waals surface area (Å²) in [7, 11) is 0. The minimum atomic E-state index is -1.09. The van der Waals surface area contributed by atoms with Crippen LogP contribution in [-0.4, -0.2) is 27.5 Å². The Bertz CT molecular complexity index is 1220. The Morgan fingerprint density at radius 1 is 1.03 bits per heavy atom. The van der Waals surface area contributed by atoms with E-state index in [1.54, 1.807) is 28.9 Å². The smallest absolute Gasteiger partial charge is 0.341 e. The molecule has 31 heavy (non-hydrogen) atoms. The van der Waals surface area contributed by atoms with Gasteiger partial charge in [-0.1, -0.05) is 54.1 Å². The molecule has 0 aliphatic heterocycles. The zero-order valence-electron chi connectivity index (χ0n) is 16.3. The number of hydrogen-bond acceptors (Lipinski definition) is 3. The molecule has 0 saturated heterocycles. The van der Waals surface area contributed by atoms with Crippen LogP contribution in [0.15, 0.2) is 78.9 Å². The minimum Gasteiger partial charge on any atom is -0.481 e. The average Bonchev–Trinajstić information content (AvgIpc) is 3.17. The van der Waals surface area contributed by atoms with E-state index in [4.69, 9.17) is 26.5 Å². The lowest BCUT2D eigenvalue weighted by Crippen LogP contribution is -2.10. The van der Waals surface area contributed by atoms with Crippen LogP contribution in [0.2, 0.25) is 5.02 Å². The highest BCUT2D eigenvalue weighted by Gasteiger charge is 2.17. The Morgan fingerprint density at radius 3 is 2.58 bits per heavy atom. The summed E-state index contributed by atoms with van der Waals surface area (Å²) in [6, 6.07) is 22.8. The molecule has 0 unspecified atom stereocenters. The van der Waals surface area contributed by atoms with E-state index in [-0.39, 0.29) is 5.82 Å². The zero-order chi connectivity index (χ0) is 21.8. The summed E-state index contributed by atoms with van der Waals surface area (Å²) >= 11 is 6.19. The number of rotatable bonds is 7. The molecule has 0 atom stereocenters. The van der Waals surface area contributed by atoms with Gasteiger partial charge >= 0.3 is 5.97 Å². The topological polar surface area (TPSA) is 64.3 Å². The maximum absolute atomic E-state index is 13.9. The first-order chi connectivity index (χ1) is 15.0. The number of aromatic nitrogens is 2. The van der Waals surface area contributed by atoms with Gasteiger partial charge in [0.25, 0.3) is 0 Å². The number of nitrogens with zero attached hydrogens (tertiary/aromatic N) is 2. The summed E-state index contributed by atoms with van der Waals surface area (Å²) in [6.45, 7) is -0.0192. The largest absolute Gasteiger partial charge is 0.481 e. The van der Waals surface area contributed by atoms with Crippen molar-refractivity contribution in [2.75, 3.05) is 6.61 Å². The molecule has 1 aromatic heterocycles. The fourth-order valence-electron chi connectivity index (χ4n) is 3.27. The summed E-state index contributed by atoms with van der Waals surface area (Å²) in [4.78, 5) is 11.0. The highest BCUT2D eigenvalue weighted by Crippen LogP contribution is 2.35. The molecule has 1 heterocycles. The van der Waals surface area contributed by atoms with E-state index in [0.717, 1.165) is 5.56 Å². The lowest BCUT2D eigenvalue weighted by Gasteiger charge is -2.09. The molecule has 4 rings (SSSR count). The predicted octanol–water partition coefficient (Wildman–Crippen LogP) is 5.52. The number of carboxylic acids is 1. The standard InChI is InChI=1S/C24H18ClFN2O3/c25-18-9-10-23(31-15-24(29)30)20(12-18)21-13-22(17-7-4-8-19(26)11-17)28(27-21)14-16-5-2-1-3-6-16/h1-13H,14-15H2,(H,29,30). The second kappa shape index (κ2) is 9.02. The van der Waals surface area contributed by atoms with Crippen molar-refractivity contribution >= 4 is 17.6 Å². The molecule has 0 fully saturated rings. The number of carbonyl (C=O) groups is 1. The third kappa shape index (κ3) is 4.92. The van der Waals surface area contributed by atoms with Crippen molar-refractivity contribution in [3.05, 3.63) is 95.3 Å². The number of ether oxygens (including phenoxy) is 1. The van der Waals surface area contributed by atoms with Gasteiger partial charge in [-0.3, -0.25) is 4.68 Å². The van der Waals surface area contributed by atoms with Gasteiger partial charge in [0.2, 0.25) is 0 Å². The maximum Gasteiger partial charge on any atom is 0.341 e. The Labute approximate surface area is 183 Å².